The van der Waals surface area contributed by atoms with E-state index in [1.54, 1.807) is 24.3 Å². The van der Waals surface area contributed by atoms with Gasteiger partial charge < -0.3 is 4.42 Å². The van der Waals surface area contributed by atoms with Crippen LogP contribution in [-0.4, -0.2) is 0 Å². The lowest BCUT2D eigenvalue weighted by atomic mass is 10.1. The molecule has 2 aromatic carbocycles. The van der Waals surface area contributed by atoms with Gasteiger partial charge in [0.05, 0.1) is 10.9 Å². The Labute approximate surface area is 106 Å². The fraction of sp³-hybridized carbons (Fsp3) is 0. The monoisotopic (exact) mass is 258 g/mol. The van der Waals surface area contributed by atoms with Crippen molar-refractivity contribution in [3.8, 4) is 11.1 Å². The van der Waals surface area contributed by atoms with E-state index in [-0.39, 0.29) is 16.4 Å². The first-order valence-electron chi connectivity index (χ1n) is 5.63. The fourth-order valence-electron chi connectivity index (χ4n) is 1.94. The minimum absolute atomic E-state index is 0.0280. The van der Waals surface area contributed by atoms with E-state index in [2.05, 4.69) is 0 Å². The Morgan fingerprint density at radius 3 is 2.37 bits per heavy atom. The Kier molecular flexibility index (Phi) is 2.63. The molecule has 2 nitrogen and oxygen atoms in total. The van der Waals surface area contributed by atoms with Gasteiger partial charge in [0, 0.05) is 6.07 Å². The molecular weight excluding hydrogens is 250 g/mol. The molecule has 0 saturated carbocycles. The Morgan fingerprint density at radius 1 is 0.947 bits per heavy atom. The Balaban J connectivity index is 2.33. The van der Waals surface area contributed by atoms with E-state index in [4.69, 9.17) is 4.42 Å². The molecule has 1 heterocycles. The second kappa shape index (κ2) is 4.31. The van der Waals surface area contributed by atoms with Crippen LogP contribution >= 0.6 is 0 Å². The molecule has 0 radical (unpaired) electrons. The summed E-state index contributed by atoms with van der Waals surface area (Å²) >= 11 is 0. The van der Waals surface area contributed by atoms with Crippen LogP contribution in [0.25, 0.3) is 22.1 Å². The molecule has 0 atom stereocenters. The highest BCUT2D eigenvalue weighted by atomic mass is 19.2. The average Bonchev–Trinajstić information content (AvgIpc) is 2.42. The van der Waals surface area contributed by atoms with Gasteiger partial charge in [-0.2, -0.15) is 0 Å². The first-order chi connectivity index (χ1) is 9.16. The molecule has 0 spiro atoms. The van der Waals surface area contributed by atoms with Crippen LogP contribution in [0.2, 0.25) is 0 Å². The summed E-state index contributed by atoms with van der Waals surface area (Å²) in [6, 6.07) is 10.6. The van der Waals surface area contributed by atoms with Crippen LogP contribution in [0.15, 0.2) is 57.9 Å². The van der Waals surface area contributed by atoms with E-state index >= 15 is 0 Å². The second-order valence-corrected chi connectivity index (χ2v) is 4.11. The highest BCUT2D eigenvalue weighted by Gasteiger charge is 2.12. The van der Waals surface area contributed by atoms with Crippen LogP contribution in [0.5, 0.6) is 0 Å². The van der Waals surface area contributed by atoms with Crippen molar-refractivity contribution >= 4 is 11.0 Å². The maximum Gasteiger partial charge on any atom is 0.200 e. The van der Waals surface area contributed by atoms with Gasteiger partial charge in [0.1, 0.15) is 11.8 Å². The number of halogens is 2. The van der Waals surface area contributed by atoms with Gasteiger partial charge >= 0.3 is 0 Å². The van der Waals surface area contributed by atoms with E-state index in [0.717, 1.165) is 12.1 Å². The average molecular weight is 258 g/mol. The molecule has 19 heavy (non-hydrogen) atoms. The maximum atomic E-state index is 13.2. The number of fused-ring (bicyclic) bond motifs is 1. The van der Waals surface area contributed by atoms with Crippen molar-refractivity contribution in [2.24, 2.45) is 0 Å². The number of rotatable bonds is 1. The first-order valence-corrected chi connectivity index (χ1v) is 5.63. The van der Waals surface area contributed by atoms with Crippen LogP contribution in [0.3, 0.4) is 0 Å². The van der Waals surface area contributed by atoms with Crippen LogP contribution in [0, 0.1) is 11.6 Å². The molecule has 0 bridgehead atoms. The van der Waals surface area contributed by atoms with E-state index in [9.17, 15) is 13.6 Å². The summed E-state index contributed by atoms with van der Waals surface area (Å²) in [7, 11) is 0. The van der Waals surface area contributed by atoms with Crippen molar-refractivity contribution in [1.29, 1.82) is 0 Å². The molecule has 4 heteroatoms. The molecule has 0 N–H and O–H groups in total. The lowest BCUT2D eigenvalue weighted by Gasteiger charge is -2.03. The molecule has 1 aromatic heterocycles. The minimum Gasteiger partial charge on any atom is -0.463 e. The van der Waals surface area contributed by atoms with Crippen LogP contribution < -0.4 is 5.43 Å². The third kappa shape index (κ3) is 1.91. The molecule has 0 fully saturated rings. The van der Waals surface area contributed by atoms with Gasteiger partial charge in [0.25, 0.3) is 0 Å². The zero-order valence-electron chi connectivity index (χ0n) is 9.69. The SMILES string of the molecule is O=c1c(-c2ccccc2)coc2cc(F)c(F)cc12. The van der Waals surface area contributed by atoms with Crippen molar-refractivity contribution < 1.29 is 13.2 Å². The van der Waals surface area contributed by atoms with Crippen molar-refractivity contribution in [1.82, 2.24) is 0 Å². The number of hydrogen-bond acceptors (Lipinski definition) is 2. The smallest absolute Gasteiger partial charge is 0.200 e. The first kappa shape index (κ1) is 11.6. The summed E-state index contributed by atoms with van der Waals surface area (Å²) < 4.78 is 31.5. The minimum atomic E-state index is -1.06. The van der Waals surface area contributed by atoms with E-state index < -0.39 is 11.6 Å². The largest absolute Gasteiger partial charge is 0.463 e. The summed E-state index contributed by atoms with van der Waals surface area (Å²) in [5, 5.41) is 0.0280. The van der Waals surface area contributed by atoms with Gasteiger partial charge in [-0.3, -0.25) is 4.79 Å². The molecule has 0 aliphatic heterocycles. The molecule has 0 amide bonds. The van der Waals surface area contributed by atoms with Crippen molar-refractivity contribution in [3.05, 3.63) is 70.6 Å². The van der Waals surface area contributed by atoms with Crippen LogP contribution in [-0.2, 0) is 0 Å². The molecule has 94 valence electrons. The standard InChI is InChI=1S/C15H8F2O2/c16-12-6-10-14(7-13(12)17)19-8-11(15(10)18)9-4-2-1-3-5-9/h1-8H. The normalized spacial score (nSPS) is 10.8. The van der Waals surface area contributed by atoms with Gasteiger partial charge in [0.15, 0.2) is 11.6 Å². The lowest BCUT2D eigenvalue weighted by Crippen LogP contribution is -2.05. The van der Waals surface area contributed by atoms with Crippen molar-refractivity contribution in [2.45, 2.75) is 0 Å². The predicted octanol–water partition coefficient (Wildman–Crippen LogP) is 3.74. The number of benzene rings is 2. The molecule has 0 unspecified atom stereocenters. The van der Waals surface area contributed by atoms with E-state index in [0.29, 0.717) is 11.1 Å². The molecule has 0 aliphatic rings. The van der Waals surface area contributed by atoms with E-state index in [1.807, 2.05) is 6.07 Å². The highest BCUT2D eigenvalue weighted by Crippen LogP contribution is 2.21. The van der Waals surface area contributed by atoms with Crippen LogP contribution in [0.1, 0.15) is 0 Å². The maximum absolute atomic E-state index is 13.2. The van der Waals surface area contributed by atoms with Crippen molar-refractivity contribution in [3.63, 3.8) is 0 Å². The van der Waals surface area contributed by atoms with Gasteiger partial charge in [-0.1, -0.05) is 30.3 Å². The Morgan fingerprint density at radius 2 is 1.63 bits per heavy atom. The third-order valence-corrected chi connectivity index (χ3v) is 2.90. The van der Waals surface area contributed by atoms with Gasteiger partial charge in [-0.15, -0.1) is 0 Å². The summed E-state index contributed by atoms with van der Waals surface area (Å²) in [5.74, 6) is -2.10. The summed E-state index contributed by atoms with van der Waals surface area (Å²) in [4.78, 5) is 12.2. The number of hydrogen-bond donors (Lipinski definition) is 0. The van der Waals surface area contributed by atoms with Crippen molar-refractivity contribution in [2.75, 3.05) is 0 Å². The summed E-state index contributed by atoms with van der Waals surface area (Å²) in [6.45, 7) is 0. The van der Waals surface area contributed by atoms with E-state index in [1.165, 1.54) is 6.26 Å². The van der Waals surface area contributed by atoms with Gasteiger partial charge in [-0.05, 0) is 11.6 Å². The lowest BCUT2D eigenvalue weighted by molar-refractivity contribution is 0.505. The van der Waals surface area contributed by atoms with Gasteiger partial charge in [0.2, 0.25) is 5.43 Å². The molecule has 3 rings (SSSR count). The topological polar surface area (TPSA) is 30.2 Å². The zero-order chi connectivity index (χ0) is 13.4. The summed E-state index contributed by atoms with van der Waals surface area (Å²) in [6.07, 6.45) is 1.26. The molecule has 0 aliphatic carbocycles. The Bertz CT molecular complexity index is 807. The highest BCUT2D eigenvalue weighted by molar-refractivity contribution is 5.81. The third-order valence-electron chi connectivity index (χ3n) is 2.90. The summed E-state index contributed by atoms with van der Waals surface area (Å²) in [5.41, 5.74) is 0.636. The molecule has 0 saturated heterocycles. The quantitative estimate of drug-likeness (QED) is 0.665. The molecular formula is C15H8F2O2. The molecule has 3 aromatic rings. The fourth-order valence-corrected chi connectivity index (χ4v) is 1.94. The Hall–Kier alpha value is -2.49. The van der Waals surface area contributed by atoms with Crippen LogP contribution in [0.4, 0.5) is 8.78 Å². The van der Waals surface area contributed by atoms with Gasteiger partial charge in [-0.25, -0.2) is 8.78 Å². The predicted molar refractivity (Wildman–Crippen MR) is 67.8 cm³/mol. The second-order valence-electron chi connectivity index (χ2n) is 4.11. The zero-order valence-corrected chi connectivity index (χ0v) is 9.69.